The Morgan fingerprint density at radius 2 is 0.811 bits per heavy atom. The van der Waals surface area contributed by atoms with Gasteiger partial charge in [-0.2, -0.15) is 0 Å². The number of benzene rings is 4. The lowest BCUT2D eigenvalue weighted by Crippen LogP contribution is -2.21. The molecule has 0 unspecified atom stereocenters. The number of rotatable bonds is 11. The minimum absolute atomic E-state index is 1.00. The van der Waals surface area contributed by atoms with Crippen molar-refractivity contribution in [1.82, 2.24) is 0 Å². The van der Waals surface area contributed by atoms with Crippen molar-refractivity contribution in [2.24, 2.45) is 0 Å². The summed E-state index contributed by atoms with van der Waals surface area (Å²) in [6.07, 6.45) is 2.28. The first-order valence-corrected chi connectivity index (χ1v) is 13.5. The fraction of sp³-hybridized carbons (Fsp3) is 0.235. The van der Waals surface area contributed by atoms with Gasteiger partial charge in [0.1, 0.15) is 0 Å². The van der Waals surface area contributed by atoms with Gasteiger partial charge in [-0.25, -0.2) is 0 Å². The number of hydrogen-bond acceptors (Lipinski definition) is 3. The molecule has 4 aromatic rings. The Morgan fingerprint density at radius 3 is 1.14 bits per heavy atom. The average Bonchev–Trinajstić information content (AvgIpc) is 2.97. The number of anilines is 4. The summed E-state index contributed by atoms with van der Waals surface area (Å²) in [4.78, 5) is 7.05. The number of nitrogens with zero attached hydrogens (tertiary/aromatic N) is 3. The van der Waals surface area contributed by atoms with Crippen LogP contribution in [0.25, 0.3) is 5.57 Å². The molecule has 0 aromatic heterocycles. The Labute approximate surface area is 223 Å². The van der Waals surface area contributed by atoms with Crippen molar-refractivity contribution in [1.29, 1.82) is 0 Å². The molecule has 0 atom stereocenters. The smallest absolute Gasteiger partial charge is 0.0455 e. The van der Waals surface area contributed by atoms with Crippen LogP contribution in [0.2, 0.25) is 0 Å². The van der Waals surface area contributed by atoms with Gasteiger partial charge in [0.05, 0.1) is 0 Å². The zero-order valence-corrected chi connectivity index (χ0v) is 22.6. The maximum atomic E-state index is 2.38. The predicted molar refractivity (Wildman–Crippen MR) is 162 cm³/mol. The highest BCUT2D eigenvalue weighted by Gasteiger charge is 2.13. The molecule has 37 heavy (non-hydrogen) atoms. The van der Waals surface area contributed by atoms with E-state index in [2.05, 4.69) is 158 Å². The van der Waals surface area contributed by atoms with Gasteiger partial charge in [0.2, 0.25) is 0 Å². The Balaban J connectivity index is 1.84. The van der Waals surface area contributed by atoms with Crippen molar-refractivity contribution in [3.8, 4) is 0 Å². The van der Waals surface area contributed by atoms with Crippen LogP contribution in [0.5, 0.6) is 0 Å². The maximum absolute atomic E-state index is 2.38. The molecule has 0 heterocycles. The van der Waals surface area contributed by atoms with E-state index in [1.165, 1.54) is 28.1 Å². The lowest BCUT2D eigenvalue weighted by Gasteiger charge is -2.25. The van der Waals surface area contributed by atoms with Crippen molar-refractivity contribution in [3.63, 3.8) is 0 Å². The molecule has 0 amide bonds. The minimum atomic E-state index is 1.00. The highest BCUT2D eigenvalue weighted by atomic mass is 15.1. The van der Waals surface area contributed by atoms with E-state index in [9.17, 15) is 0 Å². The van der Waals surface area contributed by atoms with Crippen LogP contribution in [0.15, 0.2) is 115 Å². The standard InChI is InChI=1S/C34H39N3/c1-5-35(6-2)30-23-19-28(20-24-30)34(29-21-25-31(26-22-29)36(7-3)8-4)27-37(32-15-11-9-12-16-32)33-17-13-10-14-18-33/h9-27H,5-8H2,1-4H3. The van der Waals surface area contributed by atoms with Crippen molar-refractivity contribution in [3.05, 3.63) is 127 Å². The van der Waals surface area contributed by atoms with E-state index < -0.39 is 0 Å². The van der Waals surface area contributed by atoms with Gasteiger partial charge in [-0.3, -0.25) is 0 Å². The molecule has 0 aliphatic rings. The minimum Gasteiger partial charge on any atom is -0.372 e. The van der Waals surface area contributed by atoms with Crippen molar-refractivity contribution < 1.29 is 0 Å². The Hall–Kier alpha value is -3.98. The van der Waals surface area contributed by atoms with Gasteiger partial charge in [0.15, 0.2) is 0 Å². The van der Waals surface area contributed by atoms with Gasteiger partial charge >= 0.3 is 0 Å². The zero-order chi connectivity index (χ0) is 26.0. The molecule has 0 aliphatic carbocycles. The van der Waals surface area contributed by atoms with E-state index in [0.717, 1.165) is 37.6 Å². The van der Waals surface area contributed by atoms with E-state index in [1.54, 1.807) is 0 Å². The van der Waals surface area contributed by atoms with Crippen LogP contribution in [0, 0.1) is 0 Å². The van der Waals surface area contributed by atoms with Crippen LogP contribution in [-0.2, 0) is 0 Å². The Bertz CT molecular complexity index is 1140. The van der Waals surface area contributed by atoms with Crippen molar-refractivity contribution >= 4 is 28.3 Å². The van der Waals surface area contributed by atoms with Gasteiger partial charge in [-0.1, -0.05) is 60.7 Å². The SMILES string of the molecule is CCN(CC)c1ccc(C(=CN(c2ccccc2)c2ccccc2)c2ccc(N(CC)CC)cc2)cc1. The first-order valence-electron chi connectivity index (χ1n) is 13.5. The summed E-state index contributed by atoms with van der Waals surface area (Å²) in [5.41, 5.74) is 8.36. The molecule has 190 valence electrons. The van der Waals surface area contributed by atoms with Gasteiger partial charge < -0.3 is 14.7 Å². The first-order chi connectivity index (χ1) is 18.2. The second-order valence-corrected chi connectivity index (χ2v) is 9.02. The molecule has 3 heteroatoms. The first kappa shape index (κ1) is 26.1. The molecule has 0 saturated carbocycles. The summed E-state index contributed by atoms with van der Waals surface area (Å²) in [7, 11) is 0. The average molecular weight is 490 g/mol. The second-order valence-electron chi connectivity index (χ2n) is 9.02. The van der Waals surface area contributed by atoms with Crippen molar-refractivity contribution in [2.75, 3.05) is 40.9 Å². The molecule has 0 radical (unpaired) electrons. The summed E-state index contributed by atoms with van der Waals surface area (Å²) in [6, 6.07) is 39.2. The third-order valence-corrected chi connectivity index (χ3v) is 6.94. The number of para-hydroxylation sites is 2. The lowest BCUT2D eigenvalue weighted by molar-refractivity contribution is 0.866. The molecular formula is C34H39N3. The van der Waals surface area contributed by atoms with E-state index in [-0.39, 0.29) is 0 Å². The quantitative estimate of drug-likeness (QED) is 0.209. The van der Waals surface area contributed by atoms with E-state index in [1.807, 2.05) is 0 Å². The third kappa shape index (κ3) is 6.24. The molecule has 4 aromatic carbocycles. The highest BCUT2D eigenvalue weighted by molar-refractivity contribution is 5.85. The van der Waals surface area contributed by atoms with Crippen molar-refractivity contribution in [2.45, 2.75) is 27.7 Å². The molecule has 3 nitrogen and oxygen atoms in total. The molecular weight excluding hydrogens is 450 g/mol. The topological polar surface area (TPSA) is 9.72 Å². The van der Waals surface area contributed by atoms with Crippen LogP contribution in [0.3, 0.4) is 0 Å². The molecule has 0 fully saturated rings. The summed E-state index contributed by atoms with van der Waals surface area (Å²) in [5.74, 6) is 0. The molecule has 0 spiro atoms. The Kier molecular flexibility index (Phi) is 9.04. The fourth-order valence-corrected chi connectivity index (χ4v) is 4.80. The fourth-order valence-electron chi connectivity index (χ4n) is 4.80. The van der Waals surface area contributed by atoms with Gasteiger partial charge in [-0.15, -0.1) is 0 Å². The maximum Gasteiger partial charge on any atom is 0.0455 e. The van der Waals surface area contributed by atoms with E-state index in [0.29, 0.717) is 0 Å². The molecule has 0 saturated heterocycles. The van der Waals surface area contributed by atoms with Gasteiger partial charge in [0, 0.05) is 60.7 Å². The van der Waals surface area contributed by atoms with Gasteiger partial charge in [-0.05, 0) is 87.4 Å². The van der Waals surface area contributed by atoms with E-state index >= 15 is 0 Å². The summed E-state index contributed by atoms with van der Waals surface area (Å²) in [6.45, 7) is 12.8. The normalized spacial score (nSPS) is 10.6. The largest absolute Gasteiger partial charge is 0.372 e. The lowest BCUT2D eigenvalue weighted by atomic mass is 9.97. The third-order valence-electron chi connectivity index (χ3n) is 6.94. The molecule has 0 bridgehead atoms. The Morgan fingerprint density at radius 1 is 0.459 bits per heavy atom. The van der Waals surface area contributed by atoms with E-state index in [4.69, 9.17) is 0 Å². The molecule has 0 aliphatic heterocycles. The second kappa shape index (κ2) is 12.8. The van der Waals surface area contributed by atoms with Crippen LogP contribution in [-0.4, -0.2) is 26.2 Å². The van der Waals surface area contributed by atoms with Gasteiger partial charge in [0.25, 0.3) is 0 Å². The predicted octanol–water partition coefficient (Wildman–Crippen LogP) is 8.61. The molecule has 0 N–H and O–H groups in total. The number of hydrogen-bond donors (Lipinski definition) is 0. The van der Waals surface area contributed by atoms with Crippen LogP contribution < -0.4 is 14.7 Å². The van der Waals surface area contributed by atoms with Crippen LogP contribution in [0.4, 0.5) is 22.7 Å². The van der Waals surface area contributed by atoms with Crippen LogP contribution >= 0.6 is 0 Å². The summed E-state index contributed by atoms with van der Waals surface area (Å²) < 4.78 is 0. The summed E-state index contributed by atoms with van der Waals surface area (Å²) >= 11 is 0. The zero-order valence-electron chi connectivity index (χ0n) is 22.6. The monoisotopic (exact) mass is 489 g/mol. The highest BCUT2D eigenvalue weighted by Crippen LogP contribution is 2.33. The van der Waals surface area contributed by atoms with Crippen LogP contribution in [0.1, 0.15) is 38.8 Å². The summed E-state index contributed by atoms with van der Waals surface area (Å²) in [5, 5.41) is 0. The molecule has 4 rings (SSSR count).